The van der Waals surface area contributed by atoms with Crippen LogP contribution < -0.4 is 14.8 Å². The maximum Gasteiger partial charge on any atom is 0.231 e. The summed E-state index contributed by atoms with van der Waals surface area (Å²) >= 11 is 0. The molecule has 1 N–H and O–H groups in total. The number of guanidine groups is 1. The van der Waals surface area contributed by atoms with Crippen molar-refractivity contribution in [3.05, 3.63) is 41.8 Å². The first kappa shape index (κ1) is 24.6. The number of ether oxygens (including phenoxy) is 2. The Morgan fingerprint density at radius 3 is 2.66 bits per heavy atom. The SMILES string of the molecule is CCNC(=NCCc1ccc2c(c1)OCO2)N1CCN(S(=O)(=O)Cc2ccon2)CC1.I. The van der Waals surface area contributed by atoms with Gasteiger partial charge in [-0.1, -0.05) is 11.2 Å². The van der Waals surface area contributed by atoms with E-state index in [9.17, 15) is 8.42 Å². The predicted octanol–water partition coefficient (Wildman–Crippen LogP) is 1.68. The molecule has 1 saturated heterocycles. The van der Waals surface area contributed by atoms with E-state index in [1.807, 2.05) is 25.1 Å². The van der Waals surface area contributed by atoms with Gasteiger partial charge in [0.15, 0.2) is 17.5 Å². The Morgan fingerprint density at radius 1 is 1.16 bits per heavy atom. The molecular weight excluding hydrogens is 549 g/mol. The van der Waals surface area contributed by atoms with E-state index in [-0.39, 0.29) is 36.5 Å². The van der Waals surface area contributed by atoms with Gasteiger partial charge in [0, 0.05) is 45.3 Å². The van der Waals surface area contributed by atoms with Crippen LogP contribution in [0.4, 0.5) is 0 Å². The topological polar surface area (TPSA) is 110 Å². The normalized spacial score (nSPS) is 16.7. The summed E-state index contributed by atoms with van der Waals surface area (Å²) < 4.78 is 42.3. The highest BCUT2D eigenvalue weighted by atomic mass is 127. The molecule has 0 bridgehead atoms. The maximum atomic E-state index is 12.6. The van der Waals surface area contributed by atoms with Crippen LogP contribution in [0, 0.1) is 0 Å². The lowest BCUT2D eigenvalue weighted by atomic mass is 10.1. The Kier molecular flexibility index (Phi) is 8.59. The van der Waals surface area contributed by atoms with Gasteiger partial charge in [-0.25, -0.2) is 8.42 Å². The molecule has 0 amide bonds. The van der Waals surface area contributed by atoms with Gasteiger partial charge in [-0.3, -0.25) is 4.99 Å². The van der Waals surface area contributed by atoms with Crippen LogP contribution in [0.2, 0.25) is 0 Å². The number of piperazine rings is 1. The molecule has 32 heavy (non-hydrogen) atoms. The van der Waals surface area contributed by atoms with Crippen molar-refractivity contribution in [2.45, 2.75) is 19.1 Å². The molecule has 176 valence electrons. The van der Waals surface area contributed by atoms with Crippen molar-refractivity contribution >= 4 is 40.0 Å². The lowest BCUT2D eigenvalue weighted by molar-refractivity contribution is 0.174. The summed E-state index contributed by atoms with van der Waals surface area (Å²) in [5, 5.41) is 7.02. The summed E-state index contributed by atoms with van der Waals surface area (Å²) in [6.45, 7) is 5.62. The number of aromatic nitrogens is 1. The van der Waals surface area contributed by atoms with E-state index in [0.717, 1.165) is 36.0 Å². The van der Waals surface area contributed by atoms with Crippen LogP contribution in [0.15, 0.2) is 40.0 Å². The summed E-state index contributed by atoms with van der Waals surface area (Å²) in [7, 11) is -3.42. The fourth-order valence-corrected chi connectivity index (χ4v) is 5.01. The molecular formula is C20H28IN5O5S. The van der Waals surface area contributed by atoms with E-state index < -0.39 is 10.0 Å². The van der Waals surface area contributed by atoms with Gasteiger partial charge in [-0.05, 0) is 31.0 Å². The van der Waals surface area contributed by atoms with Crippen molar-refractivity contribution in [2.24, 2.45) is 4.99 Å². The lowest BCUT2D eigenvalue weighted by Gasteiger charge is -2.35. The Labute approximate surface area is 205 Å². The van der Waals surface area contributed by atoms with Crippen molar-refractivity contribution in [1.29, 1.82) is 0 Å². The van der Waals surface area contributed by atoms with Crippen LogP contribution in [-0.4, -0.2) is 74.8 Å². The van der Waals surface area contributed by atoms with Crippen LogP contribution in [-0.2, 0) is 22.2 Å². The van der Waals surface area contributed by atoms with E-state index in [1.54, 1.807) is 6.07 Å². The molecule has 12 heteroatoms. The first-order valence-corrected chi connectivity index (χ1v) is 11.9. The third-order valence-electron chi connectivity index (χ3n) is 5.19. The van der Waals surface area contributed by atoms with Gasteiger partial charge in [0.2, 0.25) is 16.8 Å². The molecule has 3 heterocycles. The third kappa shape index (κ3) is 6.04. The molecule has 2 aliphatic heterocycles. The number of hydrogen-bond donors (Lipinski definition) is 1. The summed E-state index contributed by atoms with van der Waals surface area (Å²) in [6.07, 6.45) is 2.16. The Balaban J connectivity index is 0.00000289. The van der Waals surface area contributed by atoms with E-state index in [2.05, 4.69) is 15.4 Å². The van der Waals surface area contributed by atoms with Gasteiger partial charge in [-0.2, -0.15) is 4.31 Å². The quantitative estimate of drug-likeness (QED) is 0.301. The highest BCUT2D eigenvalue weighted by Crippen LogP contribution is 2.32. The second-order valence-corrected chi connectivity index (χ2v) is 9.28. The molecule has 2 aliphatic rings. The average Bonchev–Trinajstić information content (AvgIpc) is 3.44. The Morgan fingerprint density at radius 2 is 1.94 bits per heavy atom. The number of rotatable bonds is 7. The van der Waals surface area contributed by atoms with Crippen molar-refractivity contribution in [1.82, 2.24) is 19.7 Å². The molecule has 10 nitrogen and oxygen atoms in total. The molecule has 2 aromatic rings. The van der Waals surface area contributed by atoms with Gasteiger partial charge in [0.1, 0.15) is 12.0 Å². The van der Waals surface area contributed by atoms with Crippen molar-refractivity contribution in [3.63, 3.8) is 0 Å². The zero-order valence-electron chi connectivity index (χ0n) is 17.9. The van der Waals surface area contributed by atoms with E-state index in [1.165, 1.54) is 10.6 Å². The van der Waals surface area contributed by atoms with Crippen molar-refractivity contribution < 1.29 is 22.4 Å². The molecule has 0 atom stereocenters. The largest absolute Gasteiger partial charge is 0.454 e. The number of benzene rings is 1. The number of halogens is 1. The van der Waals surface area contributed by atoms with Gasteiger partial charge in [-0.15, -0.1) is 24.0 Å². The van der Waals surface area contributed by atoms with Gasteiger partial charge in [0.25, 0.3) is 0 Å². The monoisotopic (exact) mass is 577 g/mol. The standard InChI is InChI=1S/C20H27N5O5S.HI/c1-2-21-20(22-7-5-16-3-4-18-19(13-16)29-15-28-18)24-8-10-25(11-9-24)31(26,27)14-17-6-12-30-23-17;/h3-4,6,12-13H,2,5,7-11,14-15H2,1H3,(H,21,22);1H. The number of nitrogens with one attached hydrogen (secondary N) is 1. The van der Waals surface area contributed by atoms with Crippen LogP contribution >= 0.6 is 24.0 Å². The first-order valence-electron chi connectivity index (χ1n) is 10.3. The molecule has 0 unspecified atom stereocenters. The highest BCUT2D eigenvalue weighted by molar-refractivity contribution is 14.0. The van der Waals surface area contributed by atoms with Crippen molar-refractivity contribution in [2.75, 3.05) is 46.1 Å². The van der Waals surface area contributed by atoms with Crippen molar-refractivity contribution in [3.8, 4) is 11.5 Å². The zero-order valence-corrected chi connectivity index (χ0v) is 21.0. The molecule has 0 radical (unpaired) electrons. The average molecular weight is 577 g/mol. The number of hydrogen-bond acceptors (Lipinski definition) is 7. The minimum absolute atomic E-state index is 0. The van der Waals surface area contributed by atoms with Crippen LogP contribution in [0.5, 0.6) is 11.5 Å². The minimum Gasteiger partial charge on any atom is -0.454 e. The van der Waals surface area contributed by atoms with Gasteiger partial charge < -0.3 is 24.2 Å². The molecule has 1 aromatic heterocycles. The maximum absolute atomic E-state index is 12.6. The predicted molar refractivity (Wildman–Crippen MR) is 130 cm³/mol. The van der Waals surface area contributed by atoms with Gasteiger partial charge in [0.05, 0.1) is 5.69 Å². The van der Waals surface area contributed by atoms with E-state index >= 15 is 0 Å². The van der Waals surface area contributed by atoms with Gasteiger partial charge >= 0.3 is 0 Å². The molecule has 1 fully saturated rings. The summed E-state index contributed by atoms with van der Waals surface area (Å²) in [6, 6.07) is 7.51. The third-order valence-corrected chi connectivity index (χ3v) is 7.00. The molecule has 0 spiro atoms. The van der Waals surface area contributed by atoms with Crippen LogP contribution in [0.3, 0.4) is 0 Å². The Hall–Kier alpha value is -2.06. The number of sulfonamides is 1. The first-order chi connectivity index (χ1) is 15.0. The number of fused-ring (bicyclic) bond motifs is 1. The Bertz CT molecular complexity index is 1010. The second-order valence-electron chi connectivity index (χ2n) is 7.31. The second kappa shape index (κ2) is 11.2. The van der Waals surface area contributed by atoms with Crippen LogP contribution in [0.1, 0.15) is 18.2 Å². The molecule has 0 aliphatic carbocycles. The smallest absolute Gasteiger partial charge is 0.231 e. The van der Waals surface area contributed by atoms with E-state index in [4.69, 9.17) is 19.0 Å². The minimum atomic E-state index is -3.42. The lowest BCUT2D eigenvalue weighted by Crippen LogP contribution is -2.54. The molecule has 1 aromatic carbocycles. The highest BCUT2D eigenvalue weighted by Gasteiger charge is 2.29. The van der Waals surface area contributed by atoms with Crippen LogP contribution in [0.25, 0.3) is 0 Å². The molecule has 0 saturated carbocycles. The van der Waals surface area contributed by atoms with E-state index in [0.29, 0.717) is 38.4 Å². The number of aliphatic imine (C=N–C) groups is 1. The fourth-order valence-electron chi connectivity index (χ4n) is 3.58. The fraction of sp³-hybridized carbons (Fsp3) is 0.500. The zero-order chi connectivity index (χ0) is 21.7. The number of nitrogens with zero attached hydrogens (tertiary/aromatic N) is 4. The summed E-state index contributed by atoms with van der Waals surface area (Å²) in [5.74, 6) is 2.21. The summed E-state index contributed by atoms with van der Waals surface area (Å²) in [4.78, 5) is 6.85. The molecule has 4 rings (SSSR count). The summed E-state index contributed by atoms with van der Waals surface area (Å²) in [5.41, 5.74) is 1.55.